The van der Waals surface area contributed by atoms with Crippen molar-refractivity contribution in [1.29, 1.82) is 0 Å². The summed E-state index contributed by atoms with van der Waals surface area (Å²) in [5, 5.41) is 0. The van der Waals surface area contributed by atoms with Gasteiger partial charge in [-0.25, -0.2) is 9.52 Å². The van der Waals surface area contributed by atoms with E-state index in [9.17, 15) is 13.2 Å². The lowest BCUT2D eigenvalue weighted by molar-refractivity contribution is 0.158. The molecule has 6 nitrogen and oxygen atoms in total. The number of amides is 1. The molecular formula is C9H17BrN2O4S. The van der Waals surface area contributed by atoms with Gasteiger partial charge in [-0.3, -0.25) is 0 Å². The molecule has 0 saturated heterocycles. The number of carbonyl (C=O) groups is 1. The van der Waals surface area contributed by atoms with Gasteiger partial charge in [-0.1, -0.05) is 22.4 Å². The third-order valence-corrected chi connectivity index (χ3v) is 4.78. The highest BCUT2D eigenvalue weighted by molar-refractivity contribution is 9.09. The summed E-state index contributed by atoms with van der Waals surface area (Å²) in [5.74, 6) is 0.272. The van der Waals surface area contributed by atoms with E-state index >= 15 is 0 Å². The topological polar surface area (TPSA) is 84.5 Å². The predicted molar refractivity (Wildman–Crippen MR) is 67.1 cm³/mol. The SMILES string of the molecule is CCOC(=O)NS(=O)(=O)NCC1CCCC1Br. The molecule has 2 N–H and O–H groups in total. The highest BCUT2D eigenvalue weighted by Gasteiger charge is 2.26. The number of rotatable bonds is 5. The molecule has 0 aromatic heterocycles. The van der Waals surface area contributed by atoms with Gasteiger partial charge in [0, 0.05) is 11.4 Å². The van der Waals surface area contributed by atoms with Gasteiger partial charge in [-0.15, -0.1) is 0 Å². The van der Waals surface area contributed by atoms with E-state index in [1.165, 1.54) is 0 Å². The maximum Gasteiger partial charge on any atom is 0.421 e. The second-order valence-electron chi connectivity index (χ2n) is 3.88. The minimum absolute atomic E-state index is 0.132. The molecule has 0 aromatic carbocycles. The Hall–Kier alpha value is -0.340. The Morgan fingerprint density at radius 3 is 2.71 bits per heavy atom. The Bertz CT molecular complexity index is 360. The van der Waals surface area contributed by atoms with Gasteiger partial charge >= 0.3 is 16.3 Å². The molecule has 0 aromatic rings. The molecule has 1 amide bonds. The van der Waals surface area contributed by atoms with E-state index in [0.29, 0.717) is 11.4 Å². The average molecular weight is 329 g/mol. The normalized spacial score (nSPS) is 24.6. The van der Waals surface area contributed by atoms with Crippen LogP contribution in [0.1, 0.15) is 26.2 Å². The molecule has 0 radical (unpaired) electrons. The van der Waals surface area contributed by atoms with Gasteiger partial charge in [0.15, 0.2) is 0 Å². The van der Waals surface area contributed by atoms with Gasteiger partial charge in [-0.2, -0.15) is 13.1 Å². The summed E-state index contributed by atoms with van der Waals surface area (Å²) in [6, 6.07) is 0. The fourth-order valence-electron chi connectivity index (χ4n) is 1.74. The van der Waals surface area contributed by atoms with E-state index in [2.05, 4.69) is 25.4 Å². The standard InChI is InChI=1S/C9H17BrN2O4S/c1-2-16-9(13)12-17(14,15)11-6-7-4-3-5-8(7)10/h7-8,11H,2-6H2,1H3,(H,12,13). The molecule has 17 heavy (non-hydrogen) atoms. The van der Waals surface area contributed by atoms with E-state index in [1.54, 1.807) is 11.6 Å². The number of alkyl halides is 1. The molecule has 0 heterocycles. The highest BCUT2D eigenvalue weighted by Crippen LogP contribution is 2.30. The van der Waals surface area contributed by atoms with Gasteiger partial charge in [0.2, 0.25) is 0 Å². The molecule has 1 fully saturated rings. The van der Waals surface area contributed by atoms with Gasteiger partial charge in [0.1, 0.15) is 0 Å². The van der Waals surface area contributed by atoms with Crippen molar-refractivity contribution in [2.75, 3.05) is 13.2 Å². The third-order valence-electron chi connectivity index (χ3n) is 2.59. The van der Waals surface area contributed by atoms with Crippen LogP contribution in [-0.4, -0.2) is 32.5 Å². The number of ether oxygens (including phenoxy) is 1. The zero-order valence-electron chi connectivity index (χ0n) is 9.61. The summed E-state index contributed by atoms with van der Waals surface area (Å²) in [4.78, 5) is 11.3. The summed E-state index contributed by atoms with van der Waals surface area (Å²) in [5.41, 5.74) is 0. The lowest BCUT2D eigenvalue weighted by atomic mass is 10.1. The van der Waals surface area contributed by atoms with E-state index in [4.69, 9.17) is 0 Å². The minimum Gasteiger partial charge on any atom is -0.449 e. The van der Waals surface area contributed by atoms with Crippen LogP contribution >= 0.6 is 15.9 Å². The summed E-state index contributed by atoms with van der Waals surface area (Å²) in [6.45, 7) is 2.06. The Kier molecular flexibility index (Phi) is 5.68. The monoisotopic (exact) mass is 328 g/mol. The molecule has 1 saturated carbocycles. The zero-order valence-corrected chi connectivity index (χ0v) is 12.0. The Balaban J connectivity index is 2.36. The number of halogens is 1. The fraction of sp³-hybridized carbons (Fsp3) is 0.889. The molecule has 100 valence electrons. The third kappa shape index (κ3) is 5.22. The van der Waals surface area contributed by atoms with Gasteiger partial charge < -0.3 is 4.74 Å². The molecule has 8 heteroatoms. The molecule has 1 aliphatic carbocycles. The second-order valence-corrected chi connectivity index (χ2v) is 6.56. The van der Waals surface area contributed by atoms with E-state index in [-0.39, 0.29) is 12.5 Å². The molecular weight excluding hydrogens is 312 g/mol. The average Bonchev–Trinajstić information content (AvgIpc) is 2.60. The van der Waals surface area contributed by atoms with Crippen LogP contribution in [0, 0.1) is 5.92 Å². The quantitative estimate of drug-likeness (QED) is 0.741. The van der Waals surface area contributed by atoms with Crippen LogP contribution in [0.2, 0.25) is 0 Å². The van der Waals surface area contributed by atoms with E-state index in [1.807, 2.05) is 0 Å². The Morgan fingerprint density at radius 1 is 1.47 bits per heavy atom. The first kappa shape index (κ1) is 14.7. The van der Waals surface area contributed by atoms with Crippen LogP contribution < -0.4 is 9.44 Å². The van der Waals surface area contributed by atoms with Crippen molar-refractivity contribution >= 4 is 32.2 Å². The number of hydrogen-bond acceptors (Lipinski definition) is 4. The fourth-order valence-corrected chi connectivity index (χ4v) is 3.30. The summed E-state index contributed by atoms with van der Waals surface area (Å²) < 4.78 is 31.5. The van der Waals surface area contributed by atoms with Gasteiger partial charge in [-0.05, 0) is 25.7 Å². The number of hydrogen-bond donors (Lipinski definition) is 2. The van der Waals surface area contributed by atoms with Crippen molar-refractivity contribution in [2.45, 2.75) is 31.0 Å². The van der Waals surface area contributed by atoms with Crippen LogP contribution in [0.4, 0.5) is 4.79 Å². The first-order valence-corrected chi connectivity index (χ1v) is 7.92. The number of carbonyl (C=O) groups excluding carboxylic acids is 1. The molecule has 0 spiro atoms. The van der Waals surface area contributed by atoms with Crippen molar-refractivity contribution in [1.82, 2.24) is 9.44 Å². The molecule has 0 aliphatic heterocycles. The zero-order chi connectivity index (χ0) is 12.9. The molecule has 1 aliphatic rings. The molecule has 2 unspecified atom stereocenters. The van der Waals surface area contributed by atoms with Crippen LogP contribution in [0.3, 0.4) is 0 Å². The summed E-state index contributed by atoms with van der Waals surface area (Å²) in [6.07, 6.45) is 2.17. The predicted octanol–water partition coefficient (Wildman–Crippen LogP) is 1.13. The largest absolute Gasteiger partial charge is 0.449 e. The molecule has 2 atom stereocenters. The maximum atomic E-state index is 11.4. The second kappa shape index (κ2) is 6.55. The molecule has 0 bridgehead atoms. The Morgan fingerprint density at radius 2 is 2.18 bits per heavy atom. The first-order valence-electron chi connectivity index (χ1n) is 5.53. The smallest absolute Gasteiger partial charge is 0.421 e. The van der Waals surface area contributed by atoms with Gasteiger partial charge in [0.05, 0.1) is 6.61 Å². The lowest BCUT2D eigenvalue weighted by Crippen LogP contribution is -2.42. The lowest BCUT2D eigenvalue weighted by Gasteiger charge is -2.15. The minimum atomic E-state index is -3.81. The maximum absolute atomic E-state index is 11.4. The highest BCUT2D eigenvalue weighted by atomic mass is 79.9. The summed E-state index contributed by atoms with van der Waals surface area (Å²) in [7, 11) is -3.81. The summed E-state index contributed by atoms with van der Waals surface area (Å²) >= 11 is 3.50. The van der Waals surface area contributed by atoms with Crippen molar-refractivity contribution < 1.29 is 17.9 Å². The van der Waals surface area contributed by atoms with Crippen LogP contribution in [0.15, 0.2) is 0 Å². The Labute approximate surface area is 110 Å². The van der Waals surface area contributed by atoms with Crippen molar-refractivity contribution in [3.05, 3.63) is 0 Å². The van der Waals surface area contributed by atoms with Gasteiger partial charge in [0.25, 0.3) is 0 Å². The van der Waals surface area contributed by atoms with Crippen molar-refractivity contribution in [3.63, 3.8) is 0 Å². The molecule has 1 rings (SSSR count). The van der Waals surface area contributed by atoms with Crippen LogP contribution in [-0.2, 0) is 14.9 Å². The van der Waals surface area contributed by atoms with Crippen molar-refractivity contribution in [3.8, 4) is 0 Å². The number of nitrogens with one attached hydrogen (secondary N) is 2. The van der Waals surface area contributed by atoms with E-state index < -0.39 is 16.3 Å². The van der Waals surface area contributed by atoms with Crippen LogP contribution in [0.5, 0.6) is 0 Å². The van der Waals surface area contributed by atoms with Crippen LogP contribution in [0.25, 0.3) is 0 Å². The van der Waals surface area contributed by atoms with Crippen molar-refractivity contribution in [2.24, 2.45) is 5.92 Å². The van der Waals surface area contributed by atoms with E-state index in [0.717, 1.165) is 19.3 Å². The first-order chi connectivity index (χ1) is 7.94.